The third-order valence-corrected chi connectivity index (χ3v) is 7.20. The number of rotatable bonds is 5. The number of fused-ring (bicyclic) bond motifs is 2. The lowest BCUT2D eigenvalue weighted by atomic mass is 9.81. The van der Waals surface area contributed by atoms with Crippen LogP contribution in [0.15, 0.2) is 23.0 Å². The van der Waals surface area contributed by atoms with Gasteiger partial charge in [-0.05, 0) is 26.2 Å². The molecule has 4 heterocycles. The van der Waals surface area contributed by atoms with E-state index < -0.39 is 0 Å². The Balaban J connectivity index is 1.28. The fraction of sp³-hybridized carbons (Fsp3) is 0.667. The van der Waals surface area contributed by atoms with Gasteiger partial charge in [0.05, 0.1) is 17.3 Å². The molecule has 0 bridgehead atoms. The molecule has 7 nitrogen and oxygen atoms in total. The van der Waals surface area contributed by atoms with E-state index in [9.17, 15) is 4.79 Å². The van der Waals surface area contributed by atoms with Crippen molar-refractivity contribution in [2.45, 2.75) is 70.5 Å². The van der Waals surface area contributed by atoms with Gasteiger partial charge in [0.15, 0.2) is 0 Å². The highest BCUT2D eigenvalue weighted by molar-refractivity contribution is 5.83. The van der Waals surface area contributed by atoms with Crippen molar-refractivity contribution in [1.29, 1.82) is 0 Å². The van der Waals surface area contributed by atoms with Gasteiger partial charge in [0.25, 0.3) is 0 Å². The summed E-state index contributed by atoms with van der Waals surface area (Å²) >= 11 is 0. The van der Waals surface area contributed by atoms with E-state index in [-0.39, 0.29) is 22.9 Å². The Hall–Kier alpha value is -2.15. The van der Waals surface area contributed by atoms with Gasteiger partial charge in [0.1, 0.15) is 11.6 Å². The molecule has 150 valence electrons. The van der Waals surface area contributed by atoms with Crippen molar-refractivity contribution >= 4 is 5.91 Å². The smallest absolute Gasteiger partial charge is 0.226 e. The minimum absolute atomic E-state index is 0.0166. The number of aromatic nitrogens is 3. The van der Waals surface area contributed by atoms with Crippen LogP contribution in [0.4, 0.5) is 0 Å². The number of nitrogens with one attached hydrogen (secondary N) is 1. The summed E-state index contributed by atoms with van der Waals surface area (Å²) in [5, 5.41) is 7.49. The van der Waals surface area contributed by atoms with Gasteiger partial charge in [-0.2, -0.15) is 0 Å². The van der Waals surface area contributed by atoms with Crippen molar-refractivity contribution in [3.63, 3.8) is 0 Å². The van der Waals surface area contributed by atoms with Gasteiger partial charge in [-0.3, -0.25) is 9.69 Å². The molecule has 1 saturated heterocycles. The minimum Gasteiger partial charge on any atom is -0.361 e. The fourth-order valence-corrected chi connectivity index (χ4v) is 5.66. The Morgan fingerprint density at radius 1 is 1.36 bits per heavy atom. The molecule has 2 aromatic rings. The molecular weight excluding hydrogens is 354 g/mol. The molecule has 3 aliphatic rings. The van der Waals surface area contributed by atoms with Crippen LogP contribution in [0.2, 0.25) is 0 Å². The van der Waals surface area contributed by atoms with Crippen LogP contribution in [0.5, 0.6) is 0 Å². The van der Waals surface area contributed by atoms with Crippen molar-refractivity contribution in [3.8, 4) is 0 Å². The molecule has 28 heavy (non-hydrogen) atoms. The molecule has 2 aromatic heterocycles. The second kappa shape index (κ2) is 6.44. The Labute approximate surface area is 165 Å². The van der Waals surface area contributed by atoms with E-state index in [2.05, 4.69) is 38.0 Å². The standard InChI is InChI=1S/C21H29N5O2/c1-3-20(6-4-5-7-20)19(27)23-17-11-21(26-9-8-22-18(17)26)13-25(14-21)12-16-10-15(2)28-24-16/h8-10,17H,3-7,11-14H2,1-2H3,(H,23,27). The van der Waals surface area contributed by atoms with Crippen LogP contribution in [-0.4, -0.2) is 38.6 Å². The number of aryl methyl sites for hydroxylation is 1. The van der Waals surface area contributed by atoms with Crippen LogP contribution < -0.4 is 5.32 Å². The highest BCUT2D eigenvalue weighted by Crippen LogP contribution is 2.46. The zero-order chi connectivity index (χ0) is 19.4. The van der Waals surface area contributed by atoms with Gasteiger partial charge in [0.2, 0.25) is 5.91 Å². The van der Waals surface area contributed by atoms with Gasteiger partial charge in [-0.15, -0.1) is 0 Å². The molecule has 0 aromatic carbocycles. The number of carbonyl (C=O) groups is 1. The van der Waals surface area contributed by atoms with E-state index >= 15 is 0 Å². The van der Waals surface area contributed by atoms with E-state index in [1.807, 2.05) is 19.2 Å². The van der Waals surface area contributed by atoms with E-state index in [1.54, 1.807) is 0 Å². The third-order valence-electron chi connectivity index (χ3n) is 7.20. The molecule has 1 aliphatic carbocycles. The van der Waals surface area contributed by atoms with E-state index in [0.29, 0.717) is 0 Å². The highest BCUT2D eigenvalue weighted by Gasteiger charge is 2.53. The third kappa shape index (κ3) is 2.70. The number of amides is 1. The first-order valence-electron chi connectivity index (χ1n) is 10.5. The molecule has 5 rings (SSSR count). The number of nitrogens with zero attached hydrogens (tertiary/aromatic N) is 4. The van der Waals surface area contributed by atoms with Gasteiger partial charge in [0, 0.05) is 49.9 Å². The van der Waals surface area contributed by atoms with Crippen LogP contribution in [0.1, 0.15) is 68.8 Å². The lowest BCUT2D eigenvalue weighted by Gasteiger charge is -2.49. The summed E-state index contributed by atoms with van der Waals surface area (Å²) in [6, 6.07) is 2.01. The summed E-state index contributed by atoms with van der Waals surface area (Å²) in [5.74, 6) is 2.09. The molecular formula is C21H29N5O2. The summed E-state index contributed by atoms with van der Waals surface area (Å²) in [4.78, 5) is 20.1. The topological polar surface area (TPSA) is 76.2 Å². The summed E-state index contributed by atoms with van der Waals surface area (Å²) in [6.45, 7) is 6.78. The Bertz CT molecular complexity index is 873. The van der Waals surface area contributed by atoms with Crippen molar-refractivity contribution in [1.82, 2.24) is 24.9 Å². The quantitative estimate of drug-likeness (QED) is 0.859. The first-order valence-corrected chi connectivity index (χ1v) is 10.5. The zero-order valence-electron chi connectivity index (χ0n) is 16.8. The summed E-state index contributed by atoms with van der Waals surface area (Å²) < 4.78 is 7.49. The normalized spacial score (nSPS) is 25.0. The number of imidazole rings is 1. The average molecular weight is 383 g/mol. The van der Waals surface area contributed by atoms with Crippen LogP contribution in [0.25, 0.3) is 0 Å². The van der Waals surface area contributed by atoms with E-state index in [4.69, 9.17) is 4.52 Å². The van der Waals surface area contributed by atoms with E-state index in [1.165, 1.54) is 12.8 Å². The lowest BCUT2D eigenvalue weighted by molar-refractivity contribution is -0.132. The second-order valence-corrected chi connectivity index (χ2v) is 9.03. The molecule has 1 N–H and O–H groups in total. The summed E-state index contributed by atoms with van der Waals surface area (Å²) in [5.41, 5.74) is 0.855. The molecule has 7 heteroatoms. The SMILES string of the molecule is CCC1(C(=O)NC2CC3(CN(Cc4cc(C)on4)C3)n3ccnc32)CCCC1. The molecule has 2 fully saturated rings. The van der Waals surface area contributed by atoms with Crippen LogP contribution in [-0.2, 0) is 16.9 Å². The van der Waals surface area contributed by atoms with Gasteiger partial charge < -0.3 is 14.4 Å². The molecule has 0 radical (unpaired) electrons. The van der Waals surface area contributed by atoms with Crippen LogP contribution in [0.3, 0.4) is 0 Å². The number of likely N-dealkylation sites (tertiary alicyclic amines) is 1. The minimum atomic E-state index is -0.163. The van der Waals surface area contributed by atoms with Crippen molar-refractivity contribution in [3.05, 3.63) is 35.7 Å². The predicted octanol–water partition coefficient (Wildman–Crippen LogP) is 2.92. The zero-order valence-corrected chi connectivity index (χ0v) is 16.8. The summed E-state index contributed by atoms with van der Waals surface area (Å²) in [7, 11) is 0. The Morgan fingerprint density at radius 2 is 2.14 bits per heavy atom. The maximum absolute atomic E-state index is 13.1. The number of hydrogen-bond acceptors (Lipinski definition) is 5. The van der Waals surface area contributed by atoms with Crippen molar-refractivity contribution < 1.29 is 9.32 Å². The molecule has 2 aliphatic heterocycles. The van der Waals surface area contributed by atoms with Gasteiger partial charge in [-0.25, -0.2) is 4.98 Å². The fourth-order valence-electron chi connectivity index (χ4n) is 5.66. The van der Waals surface area contributed by atoms with E-state index in [0.717, 1.165) is 62.6 Å². The predicted molar refractivity (Wildman–Crippen MR) is 103 cm³/mol. The molecule has 1 saturated carbocycles. The number of hydrogen-bond donors (Lipinski definition) is 1. The van der Waals surface area contributed by atoms with Gasteiger partial charge >= 0.3 is 0 Å². The Kier molecular flexibility index (Phi) is 4.12. The molecule has 1 atom stereocenters. The number of carbonyl (C=O) groups excluding carboxylic acids is 1. The molecule has 1 amide bonds. The van der Waals surface area contributed by atoms with Crippen LogP contribution >= 0.6 is 0 Å². The maximum atomic E-state index is 13.1. The first kappa shape index (κ1) is 17.9. The maximum Gasteiger partial charge on any atom is 0.226 e. The largest absolute Gasteiger partial charge is 0.361 e. The highest BCUT2D eigenvalue weighted by atomic mass is 16.5. The van der Waals surface area contributed by atoms with Crippen LogP contribution in [0, 0.1) is 12.3 Å². The lowest BCUT2D eigenvalue weighted by Crippen LogP contribution is -2.60. The van der Waals surface area contributed by atoms with Crippen molar-refractivity contribution in [2.75, 3.05) is 13.1 Å². The van der Waals surface area contributed by atoms with Crippen molar-refractivity contribution in [2.24, 2.45) is 5.41 Å². The molecule has 1 unspecified atom stereocenters. The monoisotopic (exact) mass is 383 g/mol. The summed E-state index contributed by atoms with van der Waals surface area (Å²) in [6.07, 6.45) is 10.2. The second-order valence-electron chi connectivity index (χ2n) is 9.03. The Morgan fingerprint density at radius 3 is 2.82 bits per heavy atom. The molecule has 1 spiro atoms. The average Bonchev–Trinajstić information content (AvgIpc) is 3.41. The first-order chi connectivity index (χ1) is 13.5. The van der Waals surface area contributed by atoms with Gasteiger partial charge in [-0.1, -0.05) is 24.9 Å².